The number of nitrogens with zero attached hydrogens (tertiary/aromatic N) is 1. The first-order valence-corrected chi connectivity index (χ1v) is 4.26. The molecule has 1 radical (unpaired) electrons. The molecule has 0 aromatic heterocycles. The Kier molecular flexibility index (Phi) is 6.57. The van der Waals surface area contributed by atoms with E-state index in [1.165, 1.54) is 6.42 Å². The minimum atomic E-state index is 0.181. The van der Waals surface area contributed by atoms with Crippen LogP contribution in [-0.2, 0) is 4.74 Å². The minimum absolute atomic E-state index is 0.181. The molecule has 0 spiro atoms. The van der Waals surface area contributed by atoms with E-state index in [1.807, 2.05) is 6.92 Å². The number of hydrogen-bond donors (Lipinski definition) is 0. The molecule has 0 bridgehead atoms. The Morgan fingerprint density at radius 1 is 1.45 bits per heavy atom. The monoisotopic (exact) mass is 158 g/mol. The summed E-state index contributed by atoms with van der Waals surface area (Å²) in [7, 11) is 4.16. The maximum Gasteiger partial charge on any atom is 0.0576 e. The van der Waals surface area contributed by atoms with Gasteiger partial charge in [-0.2, -0.15) is 0 Å². The van der Waals surface area contributed by atoms with Gasteiger partial charge in [-0.25, -0.2) is 0 Å². The maximum atomic E-state index is 5.29. The molecule has 0 aliphatic carbocycles. The Labute approximate surface area is 70.5 Å². The van der Waals surface area contributed by atoms with Crippen LogP contribution < -0.4 is 0 Å². The van der Waals surface area contributed by atoms with Crippen molar-refractivity contribution in [1.29, 1.82) is 0 Å². The highest BCUT2D eigenvalue weighted by Crippen LogP contribution is 2.00. The molecule has 1 atom stereocenters. The molecule has 0 fully saturated rings. The molecule has 0 N–H and O–H groups in total. The Morgan fingerprint density at radius 3 is 2.55 bits per heavy atom. The minimum Gasteiger partial charge on any atom is -0.379 e. The first kappa shape index (κ1) is 10.9. The molecule has 2 nitrogen and oxygen atoms in total. The summed E-state index contributed by atoms with van der Waals surface area (Å²) in [6, 6.07) is 0. The summed E-state index contributed by atoms with van der Waals surface area (Å²) >= 11 is 0. The van der Waals surface area contributed by atoms with Crippen molar-refractivity contribution < 1.29 is 4.74 Å². The molecule has 0 aliphatic heterocycles. The van der Waals surface area contributed by atoms with Crippen LogP contribution in [0.25, 0.3) is 0 Å². The average Bonchev–Trinajstić information content (AvgIpc) is 1.87. The summed E-state index contributed by atoms with van der Waals surface area (Å²) in [6.45, 7) is 7.79. The van der Waals surface area contributed by atoms with Crippen LogP contribution in [-0.4, -0.2) is 38.3 Å². The molecule has 0 rings (SSSR count). The molecule has 0 aromatic rings. The first-order chi connectivity index (χ1) is 5.16. The van der Waals surface area contributed by atoms with E-state index in [-0.39, 0.29) is 6.10 Å². The lowest BCUT2D eigenvalue weighted by atomic mass is 10.2. The zero-order valence-corrected chi connectivity index (χ0v) is 7.97. The second-order valence-electron chi connectivity index (χ2n) is 3.02. The van der Waals surface area contributed by atoms with Crippen LogP contribution in [0.5, 0.6) is 0 Å². The topological polar surface area (TPSA) is 12.5 Å². The van der Waals surface area contributed by atoms with Gasteiger partial charge in [0.15, 0.2) is 0 Å². The van der Waals surface area contributed by atoms with Gasteiger partial charge in [0.05, 0.1) is 6.10 Å². The Bertz CT molecular complexity index is 83.6. The molecule has 1 unspecified atom stereocenters. The molecule has 0 saturated heterocycles. The molecular weight excluding hydrogens is 138 g/mol. The number of hydrogen-bond acceptors (Lipinski definition) is 2. The van der Waals surface area contributed by atoms with Gasteiger partial charge in [0.1, 0.15) is 0 Å². The molecule has 0 aromatic carbocycles. The van der Waals surface area contributed by atoms with E-state index >= 15 is 0 Å². The average molecular weight is 158 g/mol. The third kappa shape index (κ3) is 7.82. The SMILES string of the molecule is [CH2]C(CCCN(C)C)OCC. The molecule has 0 heterocycles. The fraction of sp³-hybridized carbons (Fsp3) is 0.889. The summed E-state index contributed by atoms with van der Waals surface area (Å²) in [6.07, 6.45) is 2.41. The van der Waals surface area contributed by atoms with Gasteiger partial charge < -0.3 is 9.64 Å². The third-order valence-electron chi connectivity index (χ3n) is 1.53. The molecule has 0 aliphatic rings. The maximum absolute atomic E-state index is 5.29. The van der Waals surface area contributed by atoms with E-state index in [0.29, 0.717) is 0 Å². The van der Waals surface area contributed by atoms with Gasteiger partial charge in [0, 0.05) is 6.61 Å². The third-order valence-corrected chi connectivity index (χ3v) is 1.53. The van der Waals surface area contributed by atoms with Gasteiger partial charge in [-0.15, -0.1) is 0 Å². The van der Waals surface area contributed by atoms with Crippen LogP contribution in [0.2, 0.25) is 0 Å². The van der Waals surface area contributed by atoms with E-state index in [0.717, 1.165) is 19.6 Å². The second-order valence-corrected chi connectivity index (χ2v) is 3.02. The van der Waals surface area contributed by atoms with Crippen molar-refractivity contribution in [2.45, 2.75) is 25.9 Å². The fourth-order valence-electron chi connectivity index (χ4n) is 0.954. The van der Waals surface area contributed by atoms with Crippen molar-refractivity contribution in [3.63, 3.8) is 0 Å². The second kappa shape index (κ2) is 6.62. The van der Waals surface area contributed by atoms with E-state index in [1.54, 1.807) is 0 Å². The summed E-state index contributed by atoms with van der Waals surface area (Å²) in [5.74, 6) is 0. The zero-order valence-electron chi connectivity index (χ0n) is 7.97. The summed E-state index contributed by atoms with van der Waals surface area (Å²) < 4.78 is 5.29. The van der Waals surface area contributed by atoms with Gasteiger partial charge in [-0.3, -0.25) is 0 Å². The summed E-state index contributed by atoms with van der Waals surface area (Å²) in [5.41, 5.74) is 0. The normalized spacial score (nSPS) is 13.9. The smallest absolute Gasteiger partial charge is 0.0576 e. The highest BCUT2D eigenvalue weighted by molar-refractivity contribution is 4.60. The molecule has 0 amide bonds. The Hall–Kier alpha value is -0.0800. The van der Waals surface area contributed by atoms with Gasteiger partial charge in [0.25, 0.3) is 0 Å². The van der Waals surface area contributed by atoms with Gasteiger partial charge in [-0.1, -0.05) is 0 Å². The van der Waals surface area contributed by atoms with Gasteiger partial charge in [0.2, 0.25) is 0 Å². The quantitative estimate of drug-likeness (QED) is 0.582. The first-order valence-electron chi connectivity index (χ1n) is 4.26. The fourth-order valence-corrected chi connectivity index (χ4v) is 0.954. The number of ether oxygens (including phenoxy) is 1. The summed E-state index contributed by atoms with van der Waals surface area (Å²) in [5, 5.41) is 0. The van der Waals surface area contributed by atoms with E-state index in [4.69, 9.17) is 4.74 Å². The Morgan fingerprint density at radius 2 is 2.09 bits per heavy atom. The molecule has 2 heteroatoms. The van der Waals surface area contributed by atoms with Crippen molar-refractivity contribution >= 4 is 0 Å². The van der Waals surface area contributed by atoms with E-state index < -0.39 is 0 Å². The Balaban J connectivity index is 3.10. The van der Waals surface area contributed by atoms with Crippen LogP contribution in [0.3, 0.4) is 0 Å². The molecular formula is C9H20NO. The lowest BCUT2D eigenvalue weighted by Gasteiger charge is -2.13. The van der Waals surface area contributed by atoms with Crippen molar-refractivity contribution in [1.82, 2.24) is 4.90 Å². The van der Waals surface area contributed by atoms with Crippen LogP contribution in [0.1, 0.15) is 19.8 Å². The lowest BCUT2D eigenvalue weighted by Crippen LogP contribution is -2.16. The van der Waals surface area contributed by atoms with Crippen LogP contribution in [0.15, 0.2) is 0 Å². The van der Waals surface area contributed by atoms with E-state index in [2.05, 4.69) is 25.9 Å². The lowest BCUT2D eigenvalue weighted by molar-refractivity contribution is 0.0853. The van der Waals surface area contributed by atoms with Gasteiger partial charge >= 0.3 is 0 Å². The van der Waals surface area contributed by atoms with Crippen LogP contribution in [0, 0.1) is 6.92 Å². The summed E-state index contributed by atoms with van der Waals surface area (Å²) in [4.78, 5) is 2.18. The predicted molar refractivity (Wildman–Crippen MR) is 48.6 cm³/mol. The van der Waals surface area contributed by atoms with E-state index in [9.17, 15) is 0 Å². The highest BCUT2D eigenvalue weighted by atomic mass is 16.5. The van der Waals surface area contributed by atoms with Crippen LogP contribution >= 0.6 is 0 Å². The predicted octanol–water partition coefficient (Wildman–Crippen LogP) is 1.57. The van der Waals surface area contributed by atoms with Gasteiger partial charge in [-0.05, 0) is 47.3 Å². The van der Waals surface area contributed by atoms with Crippen molar-refractivity contribution in [2.24, 2.45) is 0 Å². The zero-order chi connectivity index (χ0) is 8.69. The molecule has 11 heavy (non-hydrogen) atoms. The van der Waals surface area contributed by atoms with Crippen molar-refractivity contribution in [3.8, 4) is 0 Å². The highest BCUT2D eigenvalue weighted by Gasteiger charge is 2.00. The van der Waals surface area contributed by atoms with Crippen molar-refractivity contribution in [2.75, 3.05) is 27.2 Å². The largest absolute Gasteiger partial charge is 0.379 e. The standard InChI is InChI=1S/C9H20NO/c1-5-11-9(2)7-6-8-10(3)4/h9H,2,5-8H2,1,3-4H3. The number of rotatable bonds is 6. The van der Waals surface area contributed by atoms with Crippen LogP contribution in [0.4, 0.5) is 0 Å². The molecule has 0 saturated carbocycles. The molecule has 67 valence electrons. The van der Waals surface area contributed by atoms with Crippen molar-refractivity contribution in [3.05, 3.63) is 6.92 Å².